The fourth-order valence-corrected chi connectivity index (χ4v) is 2.07. The number of rotatable bonds is 2. The van der Waals surface area contributed by atoms with Gasteiger partial charge in [-0.2, -0.15) is 0 Å². The van der Waals surface area contributed by atoms with Crippen molar-refractivity contribution >= 4 is 0 Å². The van der Waals surface area contributed by atoms with E-state index in [4.69, 9.17) is 5.73 Å². The average Bonchev–Trinajstić information content (AvgIpc) is 2.03. The zero-order valence-electron chi connectivity index (χ0n) is 8.21. The largest absolute Gasteiger partial charge is 0.389 e. The second-order valence-electron chi connectivity index (χ2n) is 4.58. The minimum Gasteiger partial charge on any atom is -0.389 e. The van der Waals surface area contributed by atoms with Gasteiger partial charge in [-0.05, 0) is 32.6 Å². The van der Waals surface area contributed by atoms with Crippen LogP contribution >= 0.6 is 0 Å². The molecule has 0 aromatic heterocycles. The van der Waals surface area contributed by atoms with Gasteiger partial charge in [0, 0.05) is 6.04 Å². The van der Waals surface area contributed by atoms with Crippen molar-refractivity contribution in [3.05, 3.63) is 0 Å². The van der Waals surface area contributed by atoms with E-state index in [-0.39, 0.29) is 6.04 Å². The van der Waals surface area contributed by atoms with Crippen LogP contribution in [0.25, 0.3) is 0 Å². The smallest absolute Gasteiger partial charge is 0.0744 e. The van der Waals surface area contributed by atoms with Crippen molar-refractivity contribution in [2.75, 3.05) is 0 Å². The Morgan fingerprint density at radius 3 is 2.17 bits per heavy atom. The van der Waals surface area contributed by atoms with Gasteiger partial charge >= 0.3 is 0 Å². The Labute approximate surface area is 75.2 Å². The van der Waals surface area contributed by atoms with Crippen LogP contribution in [0.15, 0.2) is 0 Å². The van der Waals surface area contributed by atoms with Gasteiger partial charge in [0.05, 0.1) is 5.60 Å². The summed E-state index contributed by atoms with van der Waals surface area (Å²) in [5, 5.41) is 9.71. The van der Waals surface area contributed by atoms with Crippen LogP contribution in [0.5, 0.6) is 0 Å². The summed E-state index contributed by atoms with van der Waals surface area (Å²) < 4.78 is 0. The summed E-state index contributed by atoms with van der Waals surface area (Å²) in [6.07, 6.45) is 6.31. The van der Waals surface area contributed by atoms with Crippen LogP contribution in [0.3, 0.4) is 0 Å². The lowest BCUT2D eigenvalue weighted by molar-refractivity contribution is 0.0229. The quantitative estimate of drug-likeness (QED) is 0.664. The maximum Gasteiger partial charge on any atom is 0.0744 e. The molecule has 1 atom stereocenters. The van der Waals surface area contributed by atoms with Crippen LogP contribution in [0.1, 0.15) is 46.0 Å². The number of nitrogens with two attached hydrogens (primary N) is 1. The van der Waals surface area contributed by atoms with Crippen LogP contribution in [-0.2, 0) is 0 Å². The van der Waals surface area contributed by atoms with Gasteiger partial charge in [0.2, 0.25) is 0 Å². The topological polar surface area (TPSA) is 46.2 Å². The van der Waals surface area contributed by atoms with Crippen molar-refractivity contribution in [3.63, 3.8) is 0 Å². The summed E-state index contributed by atoms with van der Waals surface area (Å²) in [7, 11) is 0. The van der Waals surface area contributed by atoms with Crippen LogP contribution < -0.4 is 5.73 Å². The molecule has 2 heteroatoms. The van der Waals surface area contributed by atoms with E-state index in [2.05, 4.69) is 0 Å². The van der Waals surface area contributed by atoms with E-state index < -0.39 is 5.60 Å². The molecule has 1 fully saturated rings. The molecule has 0 aromatic rings. The van der Waals surface area contributed by atoms with Crippen molar-refractivity contribution in [3.8, 4) is 0 Å². The Balaban J connectivity index is 2.45. The zero-order valence-corrected chi connectivity index (χ0v) is 8.21. The number of hydrogen-bond acceptors (Lipinski definition) is 2. The summed E-state index contributed by atoms with van der Waals surface area (Å²) in [6.45, 7) is 3.62. The van der Waals surface area contributed by atoms with E-state index in [1.165, 1.54) is 32.1 Å². The molecule has 72 valence electrons. The minimum absolute atomic E-state index is 0.0437. The zero-order chi connectivity index (χ0) is 9.19. The molecule has 1 unspecified atom stereocenters. The lowest BCUT2D eigenvalue weighted by Crippen LogP contribution is -2.48. The molecule has 1 aliphatic carbocycles. The SMILES string of the molecule is CC(C)(O)C(N)C1CCCCC1. The predicted octanol–water partition coefficient (Wildman–Crippen LogP) is 1.66. The monoisotopic (exact) mass is 171 g/mol. The van der Waals surface area contributed by atoms with E-state index in [9.17, 15) is 5.11 Å². The molecule has 12 heavy (non-hydrogen) atoms. The summed E-state index contributed by atoms with van der Waals surface area (Å²) in [6, 6.07) is -0.0437. The third-order valence-electron chi connectivity index (χ3n) is 2.97. The molecule has 1 aliphatic rings. The first kappa shape index (κ1) is 10.0. The normalized spacial score (nSPS) is 24.0. The number of hydrogen-bond donors (Lipinski definition) is 2. The van der Waals surface area contributed by atoms with Gasteiger partial charge in [0.25, 0.3) is 0 Å². The Morgan fingerprint density at radius 1 is 1.25 bits per heavy atom. The lowest BCUT2D eigenvalue weighted by atomic mass is 9.78. The maximum absolute atomic E-state index is 9.71. The van der Waals surface area contributed by atoms with Crippen molar-refractivity contribution in [1.29, 1.82) is 0 Å². The average molecular weight is 171 g/mol. The molecule has 1 rings (SSSR count). The fourth-order valence-electron chi connectivity index (χ4n) is 2.07. The van der Waals surface area contributed by atoms with Crippen molar-refractivity contribution < 1.29 is 5.11 Å². The predicted molar refractivity (Wildman–Crippen MR) is 50.8 cm³/mol. The van der Waals surface area contributed by atoms with Crippen molar-refractivity contribution in [1.82, 2.24) is 0 Å². The van der Waals surface area contributed by atoms with Gasteiger partial charge in [-0.1, -0.05) is 19.3 Å². The molecule has 0 spiro atoms. The third-order valence-corrected chi connectivity index (χ3v) is 2.97. The molecular formula is C10H21NO. The van der Waals surface area contributed by atoms with Crippen LogP contribution in [-0.4, -0.2) is 16.7 Å². The van der Waals surface area contributed by atoms with E-state index in [1.807, 2.05) is 13.8 Å². The maximum atomic E-state index is 9.71. The van der Waals surface area contributed by atoms with Gasteiger partial charge in [0.1, 0.15) is 0 Å². The van der Waals surface area contributed by atoms with Gasteiger partial charge in [-0.25, -0.2) is 0 Å². The summed E-state index contributed by atoms with van der Waals surface area (Å²) in [4.78, 5) is 0. The fraction of sp³-hybridized carbons (Fsp3) is 1.00. The molecule has 0 bridgehead atoms. The first-order chi connectivity index (χ1) is 5.52. The Hall–Kier alpha value is -0.0800. The highest BCUT2D eigenvalue weighted by atomic mass is 16.3. The Kier molecular flexibility index (Phi) is 3.13. The molecule has 0 aromatic carbocycles. The highest BCUT2D eigenvalue weighted by molar-refractivity contribution is 4.87. The molecule has 1 saturated carbocycles. The first-order valence-electron chi connectivity index (χ1n) is 5.00. The Bertz CT molecular complexity index is 133. The Morgan fingerprint density at radius 2 is 1.75 bits per heavy atom. The van der Waals surface area contributed by atoms with Gasteiger partial charge < -0.3 is 10.8 Å². The second-order valence-corrected chi connectivity index (χ2v) is 4.58. The lowest BCUT2D eigenvalue weighted by Gasteiger charge is -2.35. The van der Waals surface area contributed by atoms with Crippen LogP contribution in [0, 0.1) is 5.92 Å². The highest BCUT2D eigenvalue weighted by Gasteiger charge is 2.31. The molecule has 2 nitrogen and oxygen atoms in total. The summed E-state index contributed by atoms with van der Waals surface area (Å²) in [5.41, 5.74) is 5.27. The van der Waals surface area contributed by atoms with Crippen LogP contribution in [0.2, 0.25) is 0 Å². The molecule has 0 aliphatic heterocycles. The highest BCUT2D eigenvalue weighted by Crippen LogP contribution is 2.29. The molecule has 0 amide bonds. The molecular weight excluding hydrogens is 150 g/mol. The van der Waals surface area contributed by atoms with Gasteiger partial charge in [-0.3, -0.25) is 0 Å². The third kappa shape index (κ3) is 2.46. The molecule has 0 radical (unpaired) electrons. The molecule has 0 saturated heterocycles. The van der Waals surface area contributed by atoms with Crippen molar-refractivity contribution in [2.24, 2.45) is 11.7 Å². The minimum atomic E-state index is -0.706. The molecule has 3 N–H and O–H groups in total. The van der Waals surface area contributed by atoms with Crippen molar-refractivity contribution in [2.45, 2.75) is 57.6 Å². The summed E-state index contributed by atoms with van der Waals surface area (Å²) in [5.74, 6) is 0.541. The molecule has 0 heterocycles. The number of aliphatic hydroxyl groups is 1. The van der Waals surface area contributed by atoms with Gasteiger partial charge in [-0.15, -0.1) is 0 Å². The first-order valence-corrected chi connectivity index (χ1v) is 5.00. The standard InChI is InChI=1S/C10H21NO/c1-10(2,12)9(11)8-6-4-3-5-7-8/h8-9,12H,3-7,11H2,1-2H3. The van der Waals surface area contributed by atoms with E-state index in [0.717, 1.165) is 0 Å². The van der Waals surface area contributed by atoms with Crippen LogP contribution in [0.4, 0.5) is 0 Å². The van der Waals surface area contributed by atoms with E-state index in [0.29, 0.717) is 5.92 Å². The second kappa shape index (κ2) is 3.75. The van der Waals surface area contributed by atoms with E-state index >= 15 is 0 Å². The van der Waals surface area contributed by atoms with Gasteiger partial charge in [0.15, 0.2) is 0 Å². The summed E-state index contributed by atoms with van der Waals surface area (Å²) >= 11 is 0. The van der Waals surface area contributed by atoms with E-state index in [1.54, 1.807) is 0 Å².